The third-order valence-electron chi connectivity index (χ3n) is 3.55. The van der Waals surface area contributed by atoms with Gasteiger partial charge in [0.2, 0.25) is 0 Å². The molecule has 1 rings (SSSR count). The van der Waals surface area contributed by atoms with Crippen molar-refractivity contribution in [2.45, 2.75) is 66.5 Å². The Bertz CT molecular complexity index is 481. The number of rotatable bonds is 7. The van der Waals surface area contributed by atoms with Gasteiger partial charge in [-0.1, -0.05) is 38.5 Å². The number of nitrogens with one attached hydrogen (secondary N) is 1. The predicted octanol–water partition coefficient (Wildman–Crippen LogP) is 4.27. The highest BCUT2D eigenvalue weighted by atomic mass is 35.5. The van der Waals surface area contributed by atoms with Gasteiger partial charge in [-0.3, -0.25) is 0 Å². The molecule has 2 N–H and O–H groups in total. The summed E-state index contributed by atoms with van der Waals surface area (Å²) in [6, 6.07) is 6.08. The highest BCUT2D eigenvalue weighted by molar-refractivity contribution is 5.85. The summed E-state index contributed by atoms with van der Waals surface area (Å²) >= 11 is 0. The van der Waals surface area contributed by atoms with E-state index in [9.17, 15) is 5.11 Å². The number of hydrogen-bond donors (Lipinski definition) is 2. The Hall–Kier alpha value is -0.770. The van der Waals surface area contributed by atoms with E-state index in [1.807, 2.05) is 19.1 Å². The second-order valence-electron chi connectivity index (χ2n) is 8.24. The van der Waals surface area contributed by atoms with Gasteiger partial charge >= 0.3 is 0 Å². The largest absolute Gasteiger partial charge is 0.491 e. The van der Waals surface area contributed by atoms with E-state index in [-0.39, 0.29) is 23.4 Å². The van der Waals surface area contributed by atoms with Crippen LogP contribution in [0.4, 0.5) is 0 Å². The number of aliphatic hydroxyl groups is 1. The average Bonchev–Trinajstić information content (AvgIpc) is 2.32. The molecule has 0 fully saturated rings. The molecule has 0 radical (unpaired) electrons. The number of aliphatic hydroxyl groups excluding tert-OH is 1. The van der Waals surface area contributed by atoms with Crippen LogP contribution in [0.5, 0.6) is 5.75 Å². The lowest BCUT2D eigenvalue weighted by atomic mass is 9.82. The summed E-state index contributed by atoms with van der Waals surface area (Å²) in [5.74, 6) is 0.846. The normalized spacial score (nSPS) is 13.4. The molecule has 0 saturated heterocycles. The van der Waals surface area contributed by atoms with Crippen LogP contribution in [0.15, 0.2) is 18.2 Å². The summed E-state index contributed by atoms with van der Waals surface area (Å²) in [6.45, 7) is 16.0. The lowest BCUT2D eigenvalue weighted by molar-refractivity contribution is 0.0941. The molecule has 0 aliphatic carbocycles. The van der Waals surface area contributed by atoms with E-state index in [1.165, 1.54) is 5.56 Å². The fraction of sp³-hybridized carbons (Fsp3) is 0.684. The molecule has 0 bridgehead atoms. The van der Waals surface area contributed by atoms with Crippen LogP contribution in [0.25, 0.3) is 0 Å². The van der Waals surface area contributed by atoms with Crippen molar-refractivity contribution < 1.29 is 9.84 Å². The van der Waals surface area contributed by atoms with Crippen molar-refractivity contribution in [2.24, 2.45) is 5.41 Å². The SMILES string of the molecule is Cc1ccc(OCC(O)CNC(C)(C)CC(C)(C)C)c(C)c1.Cl. The first kappa shape index (κ1) is 22.2. The highest BCUT2D eigenvalue weighted by Gasteiger charge is 2.25. The van der Waals surface area contributed by atoms with Gasteiger partial charge in [0.1, 0.15) is 18.5 Å². The smallest absolute Gasteiger partial charge is 0.122 e. The molecule has 1 atom stereocenters. The van der Waals surface area contributed by atoms with Crippen LogP contribution in [0, 0.1) is 19.3 Å². The minimum Gasteiger partial charge on any atom is -0.491 e. The zero-order chi connectivity index (χ0) is 17.0. The Morgan fingerprint density at radius 3 is 2.26 bits per heavy atom. The maximum Gasteiger partial charge on any atom is 0.122 e. The minimum absolute atomic E-state index is 0. The second-order valence-corrected chi connectivity index (χ2v) is 8.24. The van der Waals surface area contributed by atoms with Crippen molar-refractivity contribution in [3.05, 3.63) is 29.3 Å². The average molecular weight is 344 g/mol. The van der Waals surface area contributed by atoms with Crippen LogP contribution in [-0.2, 0) is 0 Å². The van der Waals surface area contributed by atoms with Crippen molar-refractivity contribution in [3.8, 4) is 5.75 Å². The fourth-order valence-electron chi connectivity index (χ4n) is 2.99. The van der Waals surface area contributed by atoms with E-state index >= 15 is 0 Å². The summed E-state index contributed by atoms with van der Waals surface area (Å²) in [5, 5.41) is 13.6. The Morgan fingerprint density at radius 1 is 1.13 bits per heavy atom. The summed E-state index contributed by atoms with van der Waals surface area (Å²) in [4.78, 5) is 0. The highest BCUT2D eigenvalue weighted by Crippen LogP contribution is 2.26. The molecule has 4 heteroatoms. The van der Waals surface area contributed by atoms with Gasteiger partial charge in [-0.25, -0.2) is 0 Å². The molecule has 0 saturated carbocycles. The Morgan fingerprint density at radius 2 is 1.74 bits per heavy atom. The summed E-state index contributed by atoms with van der Waals surface area (Å²) in [6.07, 6.45) is 0.532. The third kappa shape index (κ3) is 9.19. The van der Waals surface area contributed by atoms with Crippen LogP contribution >= 0.6 is 12.4 Å². The van der Waals surface area contributed by atoms with Gasteiger partial charge in [0.25, 0.3) is 0 Å². The fourth-order valence-corrected chi connectivity index (χ4v) is 2.99. The number of benzene rings is 1. The van der Waals surface area contributed by atoms with Crippen LogP contribution in [-0.4, -0.2) is 29.9 Å². The molecule has 0 aliphatic rings. The topological polar surface area (TPSA) is 41.5 Å². The molecule has 0 amide bonds. The second kappa shape index (κ2) is 8.91. The van der Waals surface area contributed by atoms with E-state index in [0.717, 1.165) is 17.7 Å². The molecule has 1 aromatic rings. The molecule has 23 heavy (non-hydrogen) atoms. The van der Waals surface area contributed by atoms with Crippen molar-refractivity contribution in [2.75, 3.05) is 13.2 Å². The molecule has 134 valence electrons. The number of β-amino-alcohol motifs (C(OH)–C–C–N with tert-alkyl or cyclic N) is 1. The summed E-state index contributed by atoms with van der Waals surface area (Å²) in [7, 11) is 0. The molecular weight excluding hydrogens is 310 g/mol. The number of ether oxygens (including phenoxy) is 1. The van der Waals surface area contributed by atoms with E-state index in [1.54, 1.807) is 0 Å². The van der Waals surface area contributed by atoms with Gasteiger partial charge in [0.15, 0.2) is 0 Å². The van der Waals surface area contributed by atoms with Gasteiger partial charge in [0, 0.05) is 12.1 Å². The quantitative estimate of drug-likeness (QED) is 0.776. The lowest BCUT2D eigenvalue weighted by Crippen LogP contribution is -2.46. The van der Waals surface area contributed by atoms with Gasteiger partial charge in [-0.05, 0) is 51.2 Å². The van der Waals surface area contributed by atoms with Crippen LogP contribution in [0.1, 0.15) is 52.2 Å². The van der Waals surface area contributed by atoms with Crippen molar-refractivity contribution in [3.63, 3.8) is 0 Å². The van der Waals surface area contributed by atoms with E-state index in [2.05, 4.69) is 52.9 Å². The summed E-state index contributed by atoms with van der Waals surface area (Å²) in [5.41, 5.74) is 2.58. The van der Waals surface area contributed by atoms with E-state index in [4.69, 9.17) is 4.74 Å². The third-order valence-corrected chi connectivity index (χ3v) is 3.55. The van der Waals surface area contributed by atoms with Gasteiger partial charge in [-0.2, -0.15) is 0 Å². The molecule has 0 aromatic heterocycles. The van der Waals surface area contributed by atoms with Crippen molar-refractivity contribution >= 4 is 12.4 Å². The minimum atomic E-state index is -0.514. The van der Waals surface area contributed by atoms with Gasteiger partial charge < -0.3 is 15.2 Å². The first-order chi connectivity index (χ1) is 9.98. The Kier molecular flexibility index (Phi) is 8.61. The standard InChI is InChI=1S/C19H33NO2.ClH/c1-14-8-9-17(15(2)10-14)22-12-16(21)11-20-19(6,7)13-18(3,4)5;/h8-10,16,20-21H,11-13H2,1-7H3;1H. The molecule has 3 nitrogen and oxygen atoms in total. The zero-order valence-electron chi connectivity index (χ0n) is 15.7. The number of aryl methyl sites for hydroxylation is 2. The number of hydrogen-bond acceptors (Lipinski definition) is 3. The molecule has 0 heterocycles. The molecule has 1 unspecified atom stereocenters. The molecule has 1 aromatic carbocycles. The van der Waals surface area contributed by atoms with Crippen LogP contribution < -0.4 is 10.1 Å². The monoisotopic (exact) mass is 343 g/mol. The maximum absolute atomic E-state index is 10.1. The zero-order valence-corrected chi connectivity index (χ0v) is 16.5. The maximum atomic E-state index is 10.1. The first-order valence-electron chi connectivity index (χ1n) is 8.12. The van der Waals surface area contributed by atoms with Crippen molar-refractivity contribution in [1.29, 1.82) is 0 Å². The molecule has 0 aliphatic heterocycles. The van der Waals surface area contributed by atoms with Crippen LogP contribution in [0.3, 0.4) is 0 Å². The van der Waals surface area contributed by atoms with E-state index < -0.39 is 6.10 Å². The number of halogens is 1. The first-order valence-corrected chi connectivity index (χ1v) is 8.12. The van der Waals surface area contributed by atoms with Crippen molar-refractivity contribution in [1.82, 2.24) is 5.32 Å². The Labute approximate surface area is 148 Å². The van der Waals surface area contributed by atoms with Gasteiger partial charge in [-0.15, -0.1) is 12.4 Å². The van der Waals surface area contributed by atoms with E-state index in [0.29, 0.717) is 13.2 Å². The lowest BCUT2D eigenvalue weighted by Gasteiger charge is -2.34. The summed E-state index contributed by atoms with van der Waals surface area (Å²) < 4.78 is 5.73. The Balaban J connectivity index is 0.00000484. The molecular formula is C19H34ClNO2. The predicted molar refractivity (Wildman–Crippen MR) is 101 cm³/mol. The van der Waals surface area contributed by atoms with Crippen LogP contribution in [0.2, 0.25) is 0 Å². The van der Waals surface area contributed by atoms with Gasteiger partial charge in [0.05, 0.1) is 0 Å². The molecule has 0 spiro atoms.